The molecule has 1 amide bonds. The van der Waals surface area contributed by atoms with E-state index in [4.69, 9.17) is 9.84 Å². The molecule has 0 bridgehead atoms. The van der Waals surface area contributed by atoms with Gasteiger partial charge in [0.1, 0.15) is 6.10 Å². The fourth-order valence-electron chi connectivity index (χ4n) is 1.74. The molecule has 6 nitrogen and oxygen atoms in total. The van der Waals surface area contributed by atoms with Gasteiger partial charge in [-0.1, -0.05) is 0 Å². The number of ether oxygens (including phenoxy) is 1. The first-order valence-corrected chi connectivity index (χ1v) is 5.57. The molecule has 1 fully saturated rings. The summed E-state index contributed by atoms with van der Waals surface area (Å²) < 4.78 is 5.44. The van der Waals surface area contributed by atoms with Crippen molar-refractivity contribution in [3.8, 4) is 0 Å². The molecule has 0 spiro atoms. The number of carbonyl (C=O) groups excluding carboxylic acids is 1. The van der Waals surface area contributed by atoms with Gasteiger partial charge in [0.2, 0.25) is 0 Å². The molecule has 1 saturated heterocycles. The highest BCUT2D eigenvalue weighted by Gasteiger charge is 2.28. The van der Waals surface area contributed by atoms with Crippen molar-refractivity contribution in [3.05, 3.63) is 18.1 Å². The first kappa shape index (κ1) is 11.9. The van der Waals surface area contributed by atoms with Crippen molar-refractivity contribution < 1.29 is 14.6 Å². The van der Waals surface area contributed by atoms with Crippen molar-refractivity contribution in [2.75, 3.05) is 5.32 Å². The summed E-state index contributed by atoms with van der Waals surface area (Å²) in [7, 11) is 0. The van der Waals surface area contributed by atoms with Gasteiger partial charge < -0.3 is 15.2 Å². The average Bonchev–Trinajstić information content (AvgIpc) is 2.76. The van der Waals surface area contributed by atoms with Crippen molar-refractivity contribution in [3.63, 3.8) is 0 Å². The van der Waals surface area contributed by atoms with Crippen molar-refractivity contribution in [2.45, 2.75) is 38.6 Å². The number of nitrogens with zero attached hydrogens (tertiary/aromatic N) is 2. The van der Waals surface area contributed by atoms with E-state index >= 15 is 0 Å². The van der Waals surface area contributed by atoms with Gasteiger partial charge in [0.15, 0.2) is 5.82 Å². The highest BCUT2D eigenvalue weighted by Crippen LogP contribution is 2.20. The summed E-state index contributed by atoms with van der Waals surface area (Å²) in [5, 5.41) is 11.5. The monoisotopic (exact) mass is 237 g/mol. The van der Waals surface area contributed by atoms with E-state index in [0.29, 0.717) is 11.5 Å². The van der Waals surface area contributed by atoms with Crippen LogP contribution in [0.25, 0.3) is 0 Å². The number of aliphatic hydroxyl groups excluding tert-OH is 1. The van der Waals surface area contributed by atoms with Gasteiger partial charge >= 0.3 is 0 Å². The van der Waals surface area contributed by atoms with Gasteiger partial charge in [0.25, 0.3) is 5.91 Å². The summed E-state index contributed by atoms with van der Waals surface area (Å²) in [5.41, 5.74) is 0.420. The summed E-state index contributed by atoms with van der Waals surface area (Å²) in [6, 6.07) is 0. The lowest BCUT2D eigenvalue weighted by Crippen LogP contribution is -2.28. The Morgan fingerprint density at radius 1 is 1.59 bits per heavy atom. The summed E-state index contributed by atoms with van der Waals surface area (Å²) >= 11 is 0. The zero-order valence-corrected chi connectivity index (χ0v) is 9.59. The van der Waals surface area contributed by atoms with Gasteiger partial charge in [-0.2, -0.15) is 0 Å². The van der Waals surface area contributed by atoms with Crippen LogP contribution in [0.2, 0.25) is 0 Å². The zero-order chi connectivity index (χ0) is 12.3. The molecule has 1 aliphatic rings. The minimum atomic E-state index is -0.412. The Bertz CT molecular complexity index is 411. The second-order valence-corrected chi connectivity index (χ2v) is 4.06. The highest BCUT2D eigenvalue weighted by atomic mass is 16.5. The van der Waals surface area contributed by atoms with E-state index in [2.05, 4.69) is 15.3 Å². The Morgan fingerprint density at radius 3 is 3.06 bits per heavy atom. The molecule has 2 rings (SSSR count). The quantitative estimate of drug-likeness (QED) is 0.798. The van der Waals surface area contributed by atoms with Crippen LogP contribution in [0.3, 0.4) is 0 Å². The summed E-state index contributed by atoms with van der Waals surface area (Å²) in [6.07, 6.45) is 4.21. The fourth-order valence-corrected chi connectivity index (χ4v) is 1.74. The minimum absolute atomic E-state index is 0.126. The molecule has 2 N–H and O–H groups in total. The Kier molecular flexibility index (Phi) is 3.65. The fraction of sp³-hybridized carbons (Fsp3) is 0.545. The molecular weight excluding hydrogens is 222 g/mol. The number of carbonyl (C=O) groups is 1. The Hall–Kier alpha value is -1.53. The van der Waals surface area contributed by atoms with Gasteiger partial charge in [-0.05, 0) is 19.8 Å². The van der Waals surface area contributed by atoms with Crippen LogP contribution in [0, 0.1) is 0 Å². The lowest BCUT2D eigenvalue weighted by Gasteiger charge is -2.11. The predicted octanol–water partition coefficient (Wildman–Crippen LogP) is 0.475. The van der Waals surface area contributed by atoms with E-state index < -0.39 is 6.10 Å². The van der Waals surface area contributed by atoms with E-state index in [1.807, 2.05) is 6.92 Å². The average molecular weight is 237 g/mol. The Labute approximate surface area is 99.0 Å². The molecule has 92 valence electrons. The molecule has 2 atom stereocenters. The predicted molar refractivity (Wildman–Crippen MR) is 60.2 cm³/mol. The summed E-state index contributed by atoms with van der Waals surface area (Å²) in [4.78, 5) is 19.7. The number of aliphatic hydroxyl groups is 1. The number of aromatic nitrogens is 2. The van der Waals surface area contributed by atoms with Crippen LogP contribution in [-0.2, 0) is 16.1 Å². The Balaban J connectivity index is 1.98. The van der Waals surface area contributed by atoms with E-state index in [1.54, 1.807) is 0 Å². The number of nitrogens with one attached hydrogen (secondary N) is 1. The first-order chi connectivity index (χ1) is 8.19. The standard InChI is InChI=1S/C11H15N3O3/c1-7-2-3-9(17-7)11(16)14-10-5-12-4-8(6-15)13-10/h4-5,7,9,15H,2-3,6H2,1H3,(H,13,14,16). The van der Waals surface area contributed by atoms with Crippen molar-refractivity contribution in [1.82, 2.24) is 9.97 Å². The maximum Gasteiger partial charge on any atom is 0.254 e. The van der Waals surface area contributed by atoms with Gasteiger partial charge in [0, 0.05) is 0 Å². The minimum Gasteiger partial charge on any atom is -0.390 e. The molecule has 0 saturated carbocycles. The second-order valence-electron chi connectivity index (χ2n) is 4.06. The normalized spacial score (nSPS) is 23.6. The molecule has 2 heterocycles. The number of amides is 1. The third-order valence-corrected chi connectivity index (χ3v) is 2.62. The summed E-state index contributed by atoms with van der Waals surface area (Å²) in [5.74, 6) is 0.128. The molecule has 1 aromatic rings. The van der Waals surface area contributed by atoms with Gasteiger partial charge in [-0.15, -0.1) is 0 Å². The third kappa shape index (κ3) is 2.98. The van der Waals surface area contributed by atoms with Crippen LogP contribution >= 0.6 is 0 Å². The van der Waals surface area contributed by atoms with Gasteiger partial charge in [-0.3, -0.25) is 9.78 Å². The topological polar surface area (TPSA) is 84.3 Å². The maximum atomic E-state index is 11.8. The summed E-state index contributed by atoms with van der Waals surface area (Å²) in [6.45, 7) is 1.74. The molecule has 0 aromatic carbocycles. The molecule has 2 unspecified atom stereocenters. The van der Waals surface area contributed by atoms with E-state index in [9.17, 15) is 4.79 Å². The lowest BCUT2D eigenvalue weighted by atomic mass is 10.2. The van der Waals surface area contributed by atoms with Gasteiger partial charge in [-0.25, -0.2) is 4.98 Å². The maximum absolute atomic E-state index is 11.8. The third-order valence-electron chi connectivity index (χ3n) is 2.62. The second kappa shape index (κ2) is 5.20. The first-order valence-electron chi connectivity index (χ1n) is 5.57. The molecule has 1 aliphatic heterocycles. The zero-order valence-electron chi connectivity index (χ0n) is 9.59. The van der Waals surface area contributed by atoms with Crippen LogP contribution < -0.4 is 5.32 Å². The smallest absolute Gasteiger partial charge is 0.254 e. The van der Waals surface area contributed by atoms with Crippen molar-refractivity contribution in [2.24, 2.45) is 0 Å². The number of hydrogen-bond acceptors (Lipinski definition) is 5. The van der Waals surface area contributed by atoms with Crippen molar-refractivity contribution in [1.29, 1.82) is 0 Å². The van der Waals surface area contributed by atoms with E-state index in [0.717, 1.165) is 12.8 Å². The Morgan fingerprint density at radius 2 is 2.41 bits per heavy atom. The van der Waals surface area contributed by atoms with Crippen LogP contribution in [0.5, 0.6) is 0 Å². The van der Waals surface area contributed by atoms with E-state index in [-0.39, 0.29) is 18.6 Å². The molecule has 1 aromatic heterocycles. The van der Waals surface area contributed by atoms with Crippen LogP contribution in [0.1, 0.15) is 25.5 Å². The highest BCUT2D eigenvalue weighted by molar-refractivity contribution is 5.93. The molecule has 0 aliphatic carbocycles. The largest absolute Gasteiger partial charge is 0.390 e. The van der Waals surface area contributed by atoms with Gasteiger partial charge in [0.05, 0.1) is 30.8 Å². The van der Waals surface area contributed by atoms with Crippen LogP contribution in [0.15, 0.2) is 12.4 Å². The number of hydrogen-bond donors (Lipinski definition) is 2. The molecule has 0 radical (unpaired) electrons. The van der Waals surface area contributed by atoms with Crippen LogP contribution in [0.4, 0.5) is 5.82 Å². The van der Waals surface area contributed by atoms with Crippen LogP contribution in [-0.4, -0.2) is 33.2 Å². The molecular formula is C11H15N3O3. The lowest BCUT2D eigenvalue weighted by molar-refractivity contribution is -0.126. The SMILES string of the molecule is CC1CCC(C(=O)Nc2cncc(CO)n2)O1. The molecule has 17 heavy (non-hydrogen) atoms. The van der Waals surface area contributed by atoms with Crippen molar-refractivity contribution >= 4 is 11.7 Å². The van der Waals surface area contributed by atoms with E-state index in [1.165, 1.54) is 12.4 Å². The number of rotatable bonds is 3. The molecule has 6 heteroatoms. The number of anilines is 1.